The summed E-state index contributed by atoms with van der Waals surface area (Å²) in [4.78, 5) is 24.5. The van der Waals surface area contributed by atoms with Crippen LogP contribution in [0.5, 0.6) is 17.2 Å². The number of carbonyl (C=O) groups is 2. The number of hydrogen-bond donors (Lipinski definition) is 2. The highest BCUT2D eigenvalue weighted by molar-refractivity contribution is 7.89. The first-order valence-electron chi connectivity index (χ1n) is 10.6. The predicted molar refractivity (Wildman–Crippen MR) is 133 cm³/mol. The molecule has 0 aliphatic rings. The molecule has 3 aromatic carbocycles. The summed E-state index contributed by atoms with van der Waals surface area (Å²) in [6.07, 6.45) is 1.34. The standard InChI is InChI=1S/C25H25N3O7S/c1-17-4-11-21(12-5-17)36(31,32)27-16-24(29)28-26-15-18-6-13-22(23(14-18)34-3)35-25(30)19-7-9-20(33-2)10-8-19/h4-15,27H,16H2,1-3H3,(H,28,29). The van der Waals surface area contributed by atoms with Gasteiger partial charge in [0.15, 0.2) is 11.5 Å². The van der Waals surface area contributed by atoms with E-state index in [1.165, 1.54) is 38.6 Å². The zero-order chi connectivity index (χ0) is 26.1. The fourth-order valence-corrected chi connectivity index (χ4v) is 3.90. The SMILES string of the molecule is COc1ccc(C(=O)Oc2ccc(C=NNC(=O)CNS(=O)(=O)c3ccc(C)cc3)cc2OC)cc1. The number of hydrazone groups is 1. The van der Waals surface area contributed by atoms with E-state index in [9.17, 15) is 18.0 Å². The number of sulfonamides is 1. The van der Waals surface area contributed by atoms with E-state index < -0.39 is 28.4 Å². The Kier molecular flexibility index (Phi) is 8.76. The highest BCUT2D eigenvalue weighted by Gasteiger charge is 2.15. The lowest BCUT2D eigenvalue weighted by atomic mass is 10.2. The number of benzene rings is 3. The fraction of sp³-hybridized carbons (Fsp3) is 0.160. The van der Waals surface area contributed by atoms with Crippen molar-refractivity contribution in [3.05, 3.63) is 83.4 Å². The number of amides is 1. The number of ether oxygens (including phenoxy) is 3. The number of nitrogens with one attached hydrogen (secondary N) is 2. The fourth-order valence-electron chi connectivity index (χ4n) is 2.91. The van der Waals surface area contributed by atoms with Crippen LogP contribution < -0.4 is 24.4 Å². The average molecular weight is 512 g/mol. The van der Waals surface area contributed by atoms with Crippen LogP contribution in [0.2, 0.25) is 0 Å². The predicted octanol–water partition coefficient (Wildman–Crippen LogP) is 2.66. The molecule has 3 rings (SSSR count). The van der Waals surface area contributed by atoms with Crippen LogP contribution in [-0.4, -0.2) is 47.3 Å². The maximum absolute atomic E-state index is 12.4. The van der Waals surface area contributed by atoms with Gasteiger partial charge in [0, 0.05) is 0 Å². The molecule has 0 aliphatic carbocycles. The Labute approximate surface area is 208 Å². The Hall–Kier alpha value is -4.22. The molecule has 0 bridgehead atoms. The summed E-state index contributed by atoms with van der Waals surface area (Å²) in [5.74, 6) is -0.136. The molecule has 0 spiro atoms. The number of esters is 1. The number of hydrogen-bond acceptors (Lipinski definition) is 8. The van der Waals surface area contributed by atoms with Crippen molar-refractivity contribution in [2.75, 3.05) is 20.8 Å². The minimum Gasteiger partial charge on any atom is -0.497 e. The molecule has 2 N–H and O–H groups in total. The van der Waals surface area contributed by atoms with Crippen LogP contribution >= 0.6 is 0 Å². The Morgan fingerprint density at radius 2 is 1.61 bits per heavy atom. The highest BCUT2D eigenvalue weighted by Crippen LogP contribution is 2.28. The van der Waals surface area contributed by atoms with E-state index in [-0.39, 0.29) is 16.4 Å². The third-order valence-corrected chi connectivity index (χ3v) is 6.29. The van der Waals surface area contributed by atoms with E-state index in [2.05, 4.69) is 15.2 Å². The van der Waals surface area contributed by atoms with Gasteiger partial charge in [-0.05, 0) is 67.1 Å². The molecule has 10 nitrogen and oxygen atoms in total. The third-order valence-electron chi connectivity index (χ3n) is 4.87. The largest absolute Gasteiger partial charge is 0.497 e. The van der Waals surface area contributed by atoms with Gasteiger partial charge in [0.05, 0.1) is 37.4 Å². The third kappa shape index (κ3) is 7.14. The lowest BCUT2D eigenvalue weighted by molar-refractivity contribution is -0.119. The second-order valence-electron chi connectivity index (χ2n) is 7.46. The van der Waals surface area contributed by atoms with E-state index in [0.29, 0.717) is 16.9 Å². The molecule has 0 heterocycles. The summed E-state index contributed by atoms with van der Waals surface area (Å²) in [5, 5.41) is 3.82. The van der Waals surface area contributed by atoms with Crippen molar-refractivity contribution < 1.29 is 32.2 Å². The summed E-state index contributed by atoms with van der Waals surface area (Å²) >= 11 is 0. The monoisotopic (exact) mass is 511 g/mol. The van der Waals surface area contributed by atoms with E-state index in [1.807, 2.05) is 6.92 Å². The normalized spacial score (nSPS) is 11.2. The first-order valence-corrected chi connectivity index (χ1v) is 12.1. The molecule has 36 heavy (non-hydrogen) atoms. The Bertz CT molecular complexity index is 1350. The van der Waals surface area contributed by atoms with Gasteiger partial charge in [-0.2, -0.15) is 5.10 Å². The van der Waals surface area contributed by atoms with Crippen molar-refractivity contribution >= 4 is 28.1 Å². The molecule has 3 aromatic rings. The van der Waals surface area contributed by atoms with E-state index in [1.54, 1.807) is 48.5 Å². The van der Waals surface area contributed by atoms with E-state index >= 15 is 0 Å². The lowest BCUT2D eigenvalue weighted by Crippen LogP contribution is -2.34. The van der Waals surface area contributed by atoms with Crippen molar-refractivity contribution in [1.82, 2.24) is 10.1 Å². The van der Waals surface area contributed by atoms with Crippen LogP contribution in [0.1, 0.15) is 21.5 Å². The van der Waals surface area contributed by atoms with Crippen LogP contribution in [-0.2, 0) is 14.8 Å². The van der Waals surface area contributed by atoms with E-state index in [0.717, 1.165) is 5.56 Å². The summed E-state index contributed by atoms with van der Waals surface area (Å²) in [6.45, 7) is 1.35. The zero-order valence-electron chi connectivity index (χ0n) is 19.8. The van der Waals surface area contributed by atoms with Gasteiger partial charge in [0.1, 0.15) is 5.75 Å². The van der Waals surface area contributed by atoms with Crippen LogP contribution in [0.25, 0.3) is 0 Å². The maximum atomic E-state index is 12.4. The Morgan fingerprint density at radius 1 is 0.917 bits per heavy atom. The summed E-state index contributed by atoms with van der Waals surface area (Å²) in [5.41, 5.74) is 4.04. The molecule has 0 saturated heterocycles. The molecule has 0 aliphatic heterocycles. The molecular weight excluding hydrogens is 486 g/mol. The molecule has 188 valence electrons. The van der Waals surface area contributed by atoms with Crippen LogP contribution in [0.15, 0.2) is 76.7 Å². The van der Waals surface area contributed by atoms with Gasteiger partial charge in [-0.15, -0.1) is 0 Å². The van der Waals surface area contributed by atoms with Crippen LogP contribution in [0, 0.1) is 6.92 Å². The molecule has 1 amide bonds. The smallest absolute Gasteiger partial charge is 0.343 e. The Balaban J connectivity index is 1.56. The molecular formula is C25H25N3O7S. The summed E-state index contributed by atoms with van der Waals surface area (Å²) in [7, 11) is -0.874. The second kappa shape index (κ2) is 12.0. The minimum atomic E-state index is -3.82. The zero-order valence-corrected chi connectivity index (χ0v) is 20.7. The topological polar surface area (TPSA) is 132 Å². The van der Waals surface area contributed by atoms with Crippen molar-refractivity contribution in [2.24, 2.45) is 5.10 Å². The van der Waals surface area contributed by atoms with Gasteiger partial charge in [0.25, 0.3) is 5.91 Å². The van der Waals surface area contributed by atoms with Gasteiger partial charge in [-0.25, -0.2) is 23.4 Å². The number of rotatable bonds is 10. The quantitative estimate of drug-likeness (QED) is 0.185. The van der Waals surface area contributed by atoms with Crippen molar-refractivity contribution in [3.63, 3.8) is 0 Å². The molecule has 0 saturated carbocycles. The summed E-state index contributed by atoms with van der Waals surface area (Å²) < 4.78 is 42.5. The van der Waals surface area contributed by atoms with Crippen LogP contribution in [0.4, 0.5) is 0 Å². The number of carbonyl (C=O) groups excluding carboxylic acids is 2. The minimum absolute atomic E-state index is 0.0595. The Morgan fingerprint density at radius 3 is 2.25 bits per heavy atom. The molecule has 0 fully saturated rings. The molecule has 0 radical (unpaired) electrons. The number of nitrogens with zero attached hydrogens (tertiary/aromatic N) is 1. The number of methoxy groups -OCH3 is 2. The summed E-state index contributed by atoms with van der Waals surface area (Å²) in [6, 6.07) is 17.4. The lowest BCUT2D eigenvalue weighted by Gasteiger charge is -2.10. The first kappa shape index (κ1) is 26.4. The van der Waals surface area contributed by atoms with Crippen LogP contribution in [0.3, 0.4) is 0 Å². The van der Waals surface area contributed by atoms with Gasteiger partial charge in [-0.3, -0.25) is 4.79 Å². The van der Waals surface area contributed by atoms with Gasteiger partial charge >= 0.3 is 5.97 Å². The second-order valence-corrected chi connectivity index (χ2v) is 9.23. The maximum Gasteiger partial charge on any atom is 0.343 e. The number of aryl methyl sites for hydroxylation is 1. The van der Waals surface area contributed by atoms with E-state index in [4.69, 9.17) is 14.2 Å². The average Bonchev–Trinajstić information content (AvgIpc) is 2.88. The van der Waals surface area contributed by atoms with Gasteiger partial charge in [0.2, 0.25) is 10.0 Å². The highest BCUT2D eigenvalue weighted by atomic mass is 32.2. The van der Waals surface area contributed by atoms with Crippen molar-refractivity contribution in [1.29, 1.82) is 0 Å². The van der Waals surface area contributed by atoms with Gasteiger partial charge < -0.3 is 14.2 Å². The van der Waals surface area contributed by atoms with Crippen molar-refractivity contribution in [3.8, 4) is 17.2 Å². The molecule has 0 unspecified atom stereocenters. The van der Waals surface area contributed by atoms with Crippen molar-refractivity contribution in [2.45, 2.75) is 11.8 Å². The molecule has 0 aromatic heterocycles. The van der Waals surface area contributed by atoms with Gasteiger partial charge in [-0.1, -0.05) is 17.7 Å². The molecule has 11 heteroatoms. The first-order chi connectivity index (χ1) is 17.2. The molecule has 0 atom stereocenters.